The number of halogens is 2. The first kappa shape index (κ1) is 13.2. The highest BCUT2D eigenvalue weighted by atomic mass is 35.5. The molecule has 2 rings (SSSR count). The summed E-state index contributed by atoms with van der Waals surface area (Å²) in [5.74, 6) is 0.683. The van der Waals surface area contributed by atoms with Crippen LogP contribution in [0, 0.1) is 5.82 Å². The predicted molar refractivity (Wildman–Crippen MR) is 71.2 cm³/mol. The normalized spacial score (nSPS) is 29.3. The van der Waals surface area contributed by atoms with Crippen molar-refractivity contribution in [2.75, 3.05) is 5.75 Å². The number of thioether (sulfide) groups is 1. The first-order valence-electron chi connectivity index (χ1n) is 5.79. The van der Waals surface area contributed by atoms with Gasteiger partial charge < -0.3 is 5.11 Å². The molecule has 0 radical (unpaired) electrons. The zero-order valence-electron chi connectivity index (χ0n) is 9.75. The molecular weight excluding hydrogens is 259 g/mol. The molecule has 0 aromatic heterocycles. The number of aliphatic hydroxyl groups is 1. The van der Waals surface area contributed by atoms with Crippen LogP contribution in [0.5, 0.6) is 0 Å². The van der Waals surface area contributed by atoms with Crippen LogP contribution in [-0.4, -0.2) is 21.7 Å². The van der Waals surface area contributed by atoms with Gasteiger partial charge in [0.05, 0.1) is 10.6 Å². The molecule has 2 atom stereocenters. The molecule has 0 spiro atoms. The quantitative estimate of drug-likeness (QED) is 0.888. The maximum Gasteiger partial charge on any atom is 0.142 e. The fourth-order valence-corrected chi connectivity index (χ4v) is 3.53. The second kappa shape index (κ2) is 5.17. The standard InChI is InChI=1S/C13H16ClFOS/c1-9-13(16,5-2-6-17-9)8-10-3-4-11(14)12(15)7-10/h3-4,7,9,16H,2,5-6,8H2,1H3. The number of hydrogen-bond donors (Lipinski definition) is 1. The fraction of sp³-hybridized carbons (Fsp3) is 0.538. The van der Waals surface area contributed by atoms with Crippen LogP contribution < -0.4 is 0 Å². The molecule has 2 unspecified atom stereocenters. The third-order valence-electron chi connectivity index (χ3n) is 3.37. The van der Waals surface area contributed by atoms with Gasteiger partial charge in [-0.1, -0.05) is 24.6 Å². The van der Waals surface area contributed by atoms with Gasteiger partial charge in [-0.3, -0.25) is 0 Å². The third-order valence-corrected chi connectivity index (χ3v) is 5.14. The van der Waals surface area contributed by atoms with Gasteiger partial charge >= 0.3 is 0 Å². The van der Waals surface area contributed by atoms with Crippen molar-refractivity contribution in [1.29, 1.82) is 0 Å². The lowest BCUT2D eigenvalue weighted by Crippen LogP contribution is -2.43. The Hall–Kier alpha value is -0.250. The Balaban J connectivity index is 2.16. The van der Waals surface area contributed by atoms with Gasteiger partial charge in [0, 0.05) is 11.7 Å². The zero-order valence-corrected chi connectivity index (χ0v) is 11.3. The summed E-state index contributed by atoms with van der Waals surface area (Å²) >= 11 is 7.43. The average molecular weight is 275 g/mol. The van der Waals surface area contributed by atoms with E-state index in [1.807, 2.05) is 6.92 Å². The molecule has 1 fully saturated rings. The second-order valence-corrected chi connectivity index (χ2v) is 6.50. The van der Waals surface area contributed by atoms with E-state index in [4.69, 9.17) is 11.6 Å². The summed E-state index contributed by atoms with van der Waals surface area (Å²) in [4.78, 5) is 0. The van der Waals surface area contributed by atoms with Gasteiger partial charge in [-0.2, -0.15) is 11.8 Å². The fourth-order valence-electron chi connectivity index (χ4n) is 2.23. The molecule has 0 amide bonds. The van der Waals surface area contributed by atoms with Gasteiger partial charge in [0.1, 0.15) is 5.82 Å². The molecule has 0 aliphatic carbocycles. The molecule has 1 aromatic carbocycles. The van der Waals surface area contributed by atoms with E-state index < -0.39 is 11.4 Å². The van der Waals surface area contributed by atoms with Gasteiger partial charge in [-0.25, -0.2) is 4.39 Å². The largest absolute Gasteiger partial charge is 0.388 e. The summed E-state index contributed by atoms with van der Waals surface area (Å²) in [6.07, 6.45) is 2.29. The molecule has 1 aromatic rings. The van der Waals surface area contributed by atoms with Crippen molar-refractivity contribution in [3.8, 4) is 0 Å². The lowest BCUT2D eigenvalue weighted by molar-refractivity contribution is 0.0297. The van der Waals surface area contributed by atoms with E-state index in [0.29, 0.717) is 6.42 Å². The van der Waals surface area contributed by atoms with Crippen molar-refractivity contribution in [3.63, 3.8) is 0 Å². The van der Waals surface area contributed by atoms with Crippen LogP contribution >= 0.6 is 23.4 Å². The number of rotatable bonds is 2. The smallest absolute Gasteiger partial charge is 0.142 e. The zero-order chi connectivity index (χ0) is 12.5. The molecule has 1 aliphatic heterocycles. The van der Waals surface area contributed by atoms with E-state index in [-0.39, 0.29) is 10.3 Å². The first-order valence-corrected chi connectivity index (χ1v) is 7.22. The molecule has 94 valence electrons. The van der Waals surface area contributed by atoms with Crippen molar-refractivity contribution in [2.45, 2.75) is 37.0 Å². The van der Waals surface area contributed by atoms with Gasteiger partial charge in [0.15, 0.2) is 0 Å². The summed E-state index contributed by atoms with van der Waals surface area (Å²) in [5, 5.41) is 10.9. The Bertz CT molecular complexity index is 412. The highest BCUT2D eigenvalue weighted by molar-refractivity contribution is 8.00. The van der Waals surface area contributed by atoms with Crippen molar-refractivity contribution < 1.29 is 9.50 Å². The topological polar surface area (TPSA) is 20.2 Å². The van der Waals surface area contributed by atoms with Crippen molar-refractivity contribution >= 4 is 23.4 Å². The first-order chi connectivity index (χ1) is 8.01. The molecule has 0 saturated carbocycles. The van der Waals surface area contributed by atoms with Crippen molar-refractivity contribution in [1.82, 2.24) is 0 Å². The summed E-state index contributed by atoms with van der Waals surface area (Å²) < 4.78 is 13.3. The molecule has 17 heavy (non-hydrogen) atoms. The van der Waals surface area contributed by atoms with Crippen molar-refractivity contribution in [3.05, 3.63) is 34.6 Å². The SMILES string of the molecule is CC1SCCCC1(O)Cc1ccc(Cl)c(F)c1. The summed E-state index contributed by atoms with van der Waals surface area (Å²) in [5.41, 5.74) is 0.0900. The van der Waals surface area contributed by atoms with E-state index in [1.165, 1.54) is 6.07 Å². The molecule has 4 heteroatoms. The van der Waals surface area contributed by atoms with E-state index in [0.717, 1.165) is 24.2 Å². The van der Waals surface area contributed by atoms with E-state index >= 15 is 0 Å². The van der Waals surface area contributed by atoms with Crippen LogP contribution in [0.15, 0.2) is 18.2 Å². The maximum atomic E-state index is 13.3. The lowest BCUT2D eigenvalue weighted by atomic mass is 9.87. The molecule has 1 N–H and O–H groups in total. The van der Waals surface area contributed by atoms with E-state index in [9.17, 15) is 9.50 Å². The third kappa shape index (κ3) is 2.95. The minimum Gasteiger partial charge on any atom is -0.388 e. The number of hydrogen-bond acceptors (Lipinski definition) is 2. The lowest BCUT2D eigenvalue weighted by Gasteiger charge is -2.37. The monoisotopic (exact) mass is 274 g/mol. The Kier molecular flexibility index (Phi) is 4.01. The molecule has 0 bridgehead atoms. The van der Waals surface area contributed by atoms with Gasteiger partial charge in [0.2, 0.25) is 0 Å². The van der Waals surface area contributed by atoms with Gasteiger partial charge in [0.25, 0.3) is 0 Å². The molecular formula is C13H16ClFOS. The number of benzene rings is 1. The van der Waals surface area contributed by atoms with Crippen LogP contribution in [0.4, 0.5) is 4.39 Å². The van der Waals surface area contributed by atoms with Gasteiger partial charge in [-0.15, -0.1) is 0 Å². The molecule has 1 nitrogen and oxygen atoms in total. The second-order valence-electron chi connectivity index (χ2n) is 4.65. The minimum atomic E-state index is -0.719. The maximum absolute atomic E-state index is 13.3. The Morgan fingerprint density at radius 3 is 3.00 bits per heavy atom. The Morgan fingerprint density at radius 1 is 1.59 bits per heavy atom. The van der Waals surface area contributed by atoms with Crippen LogP contribution in [0.2, 0.25) is 5.02 Å². The highest BCUT2D eigenvalue weighted by Gasteiger charge is 2.36. The average Bonchev–Trinajstić information content (AvgIpc) is 2.28. The van der Waals surface area contributed by atoms with Gasteiger partial charge in [-0.05, 0) is 36.3 Å². The summed E-state index contributed by atoms with van der Waals surface area (Å²) in [6.45, 7) is 2.04. The highest BCUT2D eigenvalue weighted by Crippen LogP contribution is 2.36. The minimum absolute atomic E-state index is 0.131. The van der Waals surface area contributed by atoms with Crippen molar-refractivity contribution in [2.24, 2.45) is 0 Å². The Labute approximate surface area is 110 Å². The molecule has 1 saturated heterocycles. The van der Waals surface area contributed by atoms with Crippen LogP contribution in [0.3, 0.4) is 0 Å². The summed E-state index contributed by atoms with van der Waals surface area (Å²) in [6, 6.07) is 4.76. The van der Waals surface area contributed by atoms with Crippen LogP contribution in [0.25, 0.3) is 0 Å². The predicted octanol–water partition coefficient (Wildman–Crippen LogP) is 3.67. The van der Waals surface area contributed by atoms with E-state index in [1.54, 1.807) is 23.9 Å². The van der Waals surface area contributed by atoms with E-state index in [2.05, 4.69) is 0 Å². The Morgan fingerprint density at radius 2 is 2.35 bits per heavy atom. The van der Waals surface area contributed by atoms with Crippen LogP contribution in [-0.2, 0) is 6.42 Å². The molecule has 1 heterocycles. The molecule has 1 aliphatic rings. The summed E-state index contributed by atoms with van der Waals surface area (Å²) in [7, 11) is 0. The van der Waals surface area contributed by atoms with Crippen LogP contribution in [0.1, 0.15) is 25.3 Å².